The molecule has 1 amide bonds. The highest BCUT2D eigenvalue weighted by Gasteiger charge is 2.27. The van der Waals surface area contributed by atoms with Gasteiger partial charge in [0.05, 0.1) is 13.0 Å². The van der Waals surface area contributed by atoms with E-state index in [-0.39, 0.29) is 13.0 Å². The Bertz CT molecular complexity index is 379. The van der Waals surface area contributed by atoms with Crippen LogP contribution >= 0.6 is 11.3 Å². The fraction of sp³-hybridized carbons (Fsp3) is 0.556. The number of ether oxygens (including phenoxy) is 1. The molecule has 0 aliphatic heterocycles. The SMILES string of the molecule is Cc1cnc(NC(=O)CCOCC(F)(F)F)s1. The molecule has 0 aliphatic rings. The summed E-state index contributed by atoms with van der Waals surface area (Å²) in [6, 6.07) is 0. The molecule has 0 fully saturated rings. The number of alkyl halides is 3. The van der Waals surface area contributed by atoms with Crippen molar-refractivity contribution in [1.82, 2.24) is 4.98 Å². The van der Waals surface area contributed by atoms with E-state index in [0.29, 0.717) is 5.13 Å². The summed E-state index contributed by atoms with van der Waals surface area (Å²) in [4.78, 5) is 16.1. The topological polar surface area (TPSA) is 51.2 Å². The number of halogens is 3. The van der Waals surface area contributed by atoms with Crippen LogP contribution in [0.5, 0.6) is 0 Å². The molecule has 17 heavy (non-hydrogen) atoms. The largest absolute Gasteiger partial charge is 0.411 e. The van der Waals surface area contributed by atoms with Crippen molar-refractivity contribution in [1.29, 1.82) is 0 Å². The van der Waals surface area contributed by atoms with Gasteiger partial charge in [-0.25, -0.2) is 4.98 Å². The van der Waals surface area contributed by atoms with E-state index in [1.54, 1.807) is 6.20 Å². The molecule has 0 bridgehead atoms. The van der Waals surface area contributed by atoms with Gasteiger partial charge >= 0.3 is 6.18 Å². The molecule has 1 N–H and O–H groups in total. The maximum atomic E-state index is 11.7. The van der Waals surface area contributed by atoms with Crippen LogP contribution in [0.4, 0.5) is 18.3 Å². The third-order valence-corrected chi connectivity index (χ3v) is 2.44. The van der Waals surface area contributed by atoms with Crippen LogP contribution < -0.4 is 5.32 Å². The van der Waals surface area contributed by atoms with Crippen molar-refractivity contribution >= 4 is 22.4 Å². The Morgan fingerprint density at radius 3 is 2.82 bits per heavy atom. The number of aromatic nitrogens is 1. The summed E-state index contributed by atoms with van der Waals surface area (Å²) in [5, 5.41) is 2.90. The highest BCUT2D eigenvalue weighted by molar-refractivity contribution is 7.15. The number of hydrogen-bond donors (Lipinski definition) is 1. The van der Waals surface area contributed by atoms with E-state index >= 15 is 0 Å². The zero-order valence-corrected chi connectivity index (χ0v) is 9.82. The molecule has 1 rings (SSSR count). The average molecular weight is 268 g/mol. The molecule has 0 unspecified atom stereocenters. The van der Waals surface area contributed by atoms with Gasteiger partial charge in [0.1, 0.15) is 6.61 Å². The minimum atomic E-state index is -4.36. The first-order valence-electron chi connectivity index (χ1n) is 4.73. The van der Waals surface area contributed by atoms with Gasteiger partial charge in [-0.2, -0.15) is 13.2 Å². The van der Waals surface area contributed by atoms with Crippen LogP contribution in [0.1, 0.15) is 11.3 Å². The number of aryl methyl sites for hydroxylation is 1. The number of amides is 1. The fourth-order valence-corrected chi connectivity index (χ4v) is 1.63. The molecule has 0 aliphatic carbocycles. The number of carbonyl (C=O) groups excluding carboxylic acids is 1. The molecule has 0 atom stereocenters. The third kappa shape index (κ3) is 6.22. The third-order valence-electron chi connectivity index (χ3n) is 1.61. The molecule has 4 nitrogen and oxygen atoms in total. The van der Waals surface area contributed by atoms with Crippen LogP contribution in [0.3, 0.4) is 0 Å². The molecule has 1 aromatic heterocycles. The number of nitrogens with zero attached hydrogens (tertiary/aromatic N) is 1. The molecular formula is C9H11F3N2O2S. The van der Waals surface area contributed by atoms with E-state index < -0.39 is 18.7 Å². The Morgan fingerprint density at radius 1 is 1.59 bits per heavy atom. The summed E-state index contributed by atoms with van der Waals surface area (Å²) in [6.07, 6.45) is -2.89. The van der Waals surface area contributed by atoms with Gasteiger partial charge in [-0.05, 0) is 6.92 Å². The Balaban J connectivity index is 2.18. The number of carbonyl (C=O) groups is 1. The van der Waals surface area contributed by atoms with Crippen LogP contribution in [-0.2, 0) is 9.53 Å². The molecule has 0 spiro atoms. The monoisotopic (exact) mass is 268 g/mol. The van der Waals surface area contributed by atoms with Gasteiger partial charge in [-0.15, -0.1) is 11.3 Å². The standard InChI is InChI=1S/C9H11F3N2O2S/c1-6-4-13-8(17-6)14-7(15)2-3-16-5-9(10,11)12/h4H,2-3,5H2,1H3,(H,13,14,15). The zero-order chi connectivity index (χ0) is 12.9. The van der Waals surface area contributed by atoms with E-state index in [1.165, 1.54) is 11.3 Å². The summed E-state index contributed by atoms with van der Waals surface area (Å²) >= 11 is 1.30. The molecule has 0 radical (unpaired) electrons. The van der Waals surface area contributed by atoms with Crippen LogP contribution in [0.25, 0.3) is 0 Å². The lowest BCUT2D eigenvalue weighted by Gasteiger charge is -2.06. The minimum Gasteiger partial charge on any atom is -0.372 e. The highest BCUT2D eigenvalue weighted by atomic mass is 32.1. The lowest BCUT2D eigenvalue weighted by molar-refractivity contribution is -0.174. The second kappa shape index (κ2) is 5.97. The van der Waals surface area contributed by atoms with Crippen LogP contribution in [0.15, 0.2) is 6.20 Å². The van der Waals surface area contributed by atoms with Crippen molar-refractivity contribution in [2.24, 2.45) is 0 Å². The van der Waals surface area contributed by atoms with Gasteiger partial charge in [-0.1, -0.05) is 0 Å². The first-order chi connectivity index (χ1) is 7.87. The Labute approximate surface area is 99.8 Å². The van der Waals surface area contributed by atoms with Gasteiger partial charge in [0.15, 0.2) is 5.13 Å². The summed E-state index contributed by atoms with van der Waals surface area (Å²) in [5.41, 5.74) is 0. The predicted octanol–water partition coefficient (Wildman–Crippen LogP) is 2.36. The van der Waals surface area contributed by atoms with E-state index in [1.807, 2.05) is 6.92 Å². The van der Waals surface area contributed by atoms with E-state index in [9.17, 15) is 18.0 Å². The van der Waals surface area contributed by atoms with Crippen LogP contribution in [0.2, 0.25) is 0 Å². The molecular weight excluding hydrogens is 257 g/mol. The van der Waals surface area contributed by atoms with Gasteiger partial charge in [0.25, 0.3) is 0 Å². The molecule has 0 saturated carbocycles. The first kappa shape index (κ1) is 13.9. The minimum absolute atomic E-state index is 0.130. The fourth-order valence-electron chi connectivity index (χ4n) is 0.947. The van der Waals surface area contributed by atoms with Gasteiger partial charge in [-0.3, -0.25) is 4.79 Å². The second-order valence-corrected chi connectivity index (χ2v) is 4.48. The first-order valence-corrected chi connectivity index (χ1v) is 5.55. The molecule has 96 valence electrons. The van der Waals surface area contributed by atoms with Crippen LogP contribution in [-0.4, -0.2) is 30.3 Å². The Hall–Kier alpha value is -1.15. The highest BCUT2D eigenvalue weighted by Crippen LogP contribution is 2.17. The summed E-state index contributed by atoms with van der Waals surface area (Å²) in [6.45, 7) is 0.228. The summed E-state index contributed by atoms with van der Waals surface area (Å²) in [5.74, 6) is -0.415. The average Bonchev–Trinajstić information content (AvgIpc) is 2.57. The predicted molar refractivity (Wildman–Crippen MR) is 57.0 cm³/mol. The van der Waals surface area contributed by atoms with Gasteiger partial charge in [0, 0.05) is 11.1 Å². The van der Waals surface area contributed by atoms with Crippen molar-refractivity contribution in [2.45, 2.75) is 19.5 Å². The number of thiazole rings is 1. The smallest absolute Gasteiger partial charge is 0.372 e. The number of rotatable bonds is 5. The Morgan fingerprint density at radius 2 is 2.29 bits per heavy atom. The molecule has 1 heterocycles. The van der Waals surface area contributed by atoms with Crippen molar-refractivity contribution in [3.8, 4) is 0 Å². The summed E-state index contributed by atoms with van der Waals surface area (Å²) in [7, 11) is 0. The van der Waals surface area contributed by atoms with E-state index in [4.69, 9.17) is 0 Å². The molecule has 1 aromatic rings. The lowest BCUT2D eigenvalue weighted by atomic mass is 10.4. The van der Waals surface area contributed by atoms with E-state index in [0.717, 1.165) is 4.88 Å². The zero-order valence-electron chi connectivity index (χ0n) is 9.00. The molecule has 0 aromatic carbocycles. The molecule has 0 saturated heterocycles. The molecule has 8 heteroatoms. The van der Waals surface area contributed by atoms with E-state index in [2.05, 4.69) is 15.0 Å². The maximum absolute atomic E-state index is 11.7. The summed E-state index contributed by atoms with van der Waals surface area (Å²) < 4.78 is 39.4. The number of nitrogens with one attached hydrogen (secondary N) is 1. The van der Waals surface area contributed by atoms with Crippen molar-refractivity contribution in [3.63, 3.8) is 0 Å². The van der Waals surface area contributed by atoms with Crippen molar-refractivity contribution in [2.75, 3.05) is 18.5 Å². The number of hydrogen-bond acceptors (Lipinski definition) is 4. The Kier molecular flexibility index (Phi) is 4.88. The lowest BCUT2D eigenvalue weighted by Crippen LogP contribution is -2.20. The van der Waals surface area contributed by atoms with Gasteiger partial charge < -0.3 is 10.1 Å². The van der Waals surface area contributed by atoms with Gasteiger partial charge in [0.2, 0.25) is 5.91 Å². The van der Waals surface area contributed by atoms with Crippen molar-refractivity contribution in [3.05, 3.63) is 11.1 Å². The van der Waals surface area contributed by atoms with Crippen molar-refractivity contribution < 1.29 is 22.7 Å². The maximum Gasteiger partial charge on any atom is 0.411 e. The van der Waals surface area contributed by atoms with Crippen LogP contribution in [0, 0.1) is 6.92 Å². The second-order valence-electron chi connectivity index (χ2n) is 3.24. The normalized spacial score (nSPS) is 11.5. The quantitative estimate of drug-likeness (QED) is 0.834. The number of anilines is 1.